The summed E-state index contributed by atoms with van der Waals surface area (Å²) >= 11 is 0. The van der Waals surface area contributed by atoms with E-state index in [9.17, 15) is 17.6 Å². The van der Waals surface area contributed by atoms with E-state index < -0.39 is 18.0 Å². The highest BCUT2D eigenvalue weighted by Gasteiger charge is 2.38. The van der Waals surface area contributed by atoms with Crippen molar-refractivity contribution in [3.63, 3.8) is 0 Å². The van der Waals surface area contributed by atoms with Crippen LogP contribution in [0.2, 0.25) is 0 Å². The Balaban J connectivity index is 0.00000196. The van der Waals surface area contributed by atoms with E-state index in [4.69, 9.17) is 5.73 Å². The van der Waals surface area contributed by atoms with E-state index in [1.807, 2.05) is 0 Å². The fraction of sp³-hybridized carbons (Fsp3) is 0.333. The lowest BCUT2D eigenvalue weighted by Gasteiger charge is -2.17. The van der Waals surface area contributed by atoms with Gasteiger partial charge in [0.15, 0.2) is 0 Å². The fourth-order valence-electron chi connectivity index (χ4n) is 1.14. The topological polar surface area (TPSA) is 26.0 Å². The Labute approximate surface area is 90.7 Å². The van der Waals surface area contributed by atoms with E-state index in [-0.39, 0.29) is 23.5 Å². The van der Waals surface area contributed by atoms with E-state index in [2.05, 4.69) is 0 Å². The molecule has 1 aromatic carbocycles. The van der Waals surface area contributed by atoms with Gasteiger partial charge in [-0.2, -0.15) is 13.2 Å². The quantitative estimate of drug-likeness (QED) is 0.754. The summed E-state index contributed by atoms with van der Waals surface area (Å²) in [7, 11) is 0. The highest BCUT2D eigenvalue weighted by atomic mass is 35.5. The Kier molecular flexibility index (Phi) is 4.55. The molecule has 86 valence electrons. The molecule has 0 heterocycles. The first-order valence-electron chi connectivity index (χ1n) is 3.91. The summed E-state index contributed by atoms with van der Waals surface area (Å²) in [6, 6.07) is 1.36. The molecule has 0 aliphatic heterocycles. The molecule has 1 nitrogen and oxygen atoms in total. The van der Waals surface area contributed by atoms with Gasteiger partial charge < -0.3 is 5.73 Å². The van der Waals surface area contributed by atoms with Crippen molar-refractivity contribution in [2.24, 2.45) is 5.73 Å². The Morgan fingerprint density at radius 3 is 2.27 bits per heavy atom. The lowest BCUT2D eigenvalue weighted by molar-refractivity contribution is -0.149. The number of benzene rings is 1. The van der Waals surface area contributed by atoms with Gasteiger partial charge in [-0.05, 0) is 24.1 Å². The smallest absolute Gasteiger partial charge is 0.316 e. The third-order valence-corrected chi connectivity index (χ3v) is 2.00. The average molecular weight is 244 g/mol. The largest absolute Gasteiger partial charge is 0.407 e. The minimum absolute atomic E-state index is 0. The number of nitrogens with two attached hydrogens (primary N) is 1. The fourth-order valence-corrected chi connectivity index (χ4v) is 1.14. The van der Waals surface area contributed by atoms with Gasteiger partial charge in [0.05, 0.1) is 0 Å². The first-order chi connectivity index (χ1) is 6.34. The molecule has 2 N–H and O–H groups in total. The second kappa shape index (κ2) is 4.81. The van der Waals surface area contributed by atoms with Gasteiger partial charge in [-0.1, -0.05) is 12.1 Å². The molecule has 0 bridgehead atoms. The second-order valence-electron chi connectivity index (χ2n) is 2.97. The Morgan fingerprint density at radius 2 is 1.80 bits per heavy atom. The molecule has 0 aliphatic rings. The zero-order valence-electron chi connectivity index (χ0n) is 7.81. The SMILES string of the molecule is Cc1c(F)cccc1C(N)C(F)(F)F.Cl. The van der Waals surface area contributed by atoms with Crippen molar-refractivity contribution < 1.29 is 17.6 Å². The summed E-state index contributed by atoms with van der Waals surface area (Å²) in [4.78, 5) is 0. The number of hydrogen-bond donors (Lipinski definition) is 1. The van der Waals surface area contributed by atoms with E-state index in [0.29, 0.717) is 0 Å². The van der Waals surface area contributed by atoms with Crippen molar-refractivity contribution >= 4 is 12.4 Å². The summed E-state index contributed by atoms with van der Waals surface area (Å²) in [5, 5.41) is 0. The zero-order chi connectivity index (χ0) is 10.9. The van der Waals surface area contributed by atoms with Crippen LogP contribution >= 0.6 is 12.4 Å². The summed E-state index contributed by atoms with van der Waals surface area (Å²) in [5.41, 5.74) is 4.67. The van der Waals surface area contributed by atoms with Gasteiger partial charge in [-0.3, -0.25) is 0 Å². The molecule has 0 amide bonds. The predicted octanol–water partition coefficient (Wildman–Crippen LogP) is 3.12. The molecule has 0 radical (unpaired) electrons. The minimum Gasteiger partial charge on any atom is -0.316 e. The van der Waals surface area contributed by atoms with Gasteiger partial charge in [0, 0.05) is 0 Å². The van der Waals surface area contributed by atoms with Crippen LogP contribution in [-0.2, 0) is 0 Å². The summed E-state index contributed by atoms with van der Waals surface area (Å²) in [6.07, 6.45) is -4.54. The molecule has 0 spiro atoms. The number of hydrogen-bond acceptors (Lipinski definition) is 1. The van der Waals surface area contributed by atoms with Crippen LogP contribution in [0.1, 0.15) is 17.2 Å². The van der Waals surface area contributed by atoms with E-state index in [0.717, 1.165) is 6.07 Å². The van der Waals surface area contributed by atoms with Crippen LogP contribution in [0.15, 0.2) is 18.2 Å². The van der Waals surface area contributed by atoms with E-state index >= 15 is 0 Å². The van der Waals surface area contributed by atoms with Gasteiger partial charge in [0.1, 0.15) is 11.9 Å². The van der Waals surface area contributed by atoms with Gasteiger partial charge in [0.25, 0.3) is 0 Å². The van der Waals surface area contributed by atoms with Gasteiger partial charge in [0.2, 0.25) is 0 Å². The number of alkyl halides is 3. The zero-order valence-corrected chi connectivity index (χ0v) is 8.62. The molecule has 0 fully saturated rings. The van der Waals surface area contributed by atoms with Crippen molar-refractivity contribution in [3.8, 4) is 0 Å². The first-order valence-corrected chi connectivity index (χ1v) is 3.91. The standard InChI is InChI=1S/C9H9F4N.ClH/c1-5-6(3-2-4-7(5)10)8(14)9(11,12)13;/h2-4,8H,14H2,1H3;1H. The Bertz CT molecular complexity index is 337. The highest BCUT2D eigenvalue weighted by Crippen LogP contribution is 2.32. The second-order valence-corrected chi connectivity index (χ2v) is 2.97. The summed E-state index contributed by atoms with van der Waals surface area (Å²) in [5.74, 6) is -0.679. The summed E-state index contributed by atoms with van der Waals surface area (Å²) < 4.78 is 49.5. The number of halogens is 5. The molecule has 1 aromatic rings. The van der Waals surface area contributed by atoms with Crippen molar-refractivity contribution in [3.05, 3.63) is 35.1 Å². The molecule has 1 atom stereocenters. The minimum atomic E-state index is -4.54. The van der Waals surface area contributed by atoms with Crippen LogP contribution in [0.5, 0.6) is 0 Å². The van der Waals surface area contributed by atoms with Crippen LogP contribution in [0.3, 0.4) is 0 Å². The molecular formula is C9H10ClF4N. The molecule has 1 rings (SSSR count). The Morgan fingerprint density at radius 1 is 1.27 bits per heavy atom. The number of rotatable bonds is 1. The summed E-state index contributed by atoms with van der Waals surface area (Å²) in [6.45, 7) is 1.27. The van der Waals surface area contributed by atoms with Crippen molar-refractivity contribution in [1.29, 1.82) is 0 Å². The monoisotopic (exact) mass is 243 g/mol. The third-order valence-electron chi connectivity index (χ3n) is 2.00. The molecular weight excluding hydrogens is 234 g/mol. The van der Waals surface area contributed by atoms with Crippen LogP contribution < -0.4 is 5.73 Å². The van der Waals surface area contributed by atoms with Gasteiger partial charge >= 0.3 is 6.18 Å². The average Bonchev–Trinajstić information content (AvgIpc) is 2.07. The molecule has 0 aromatic heterocycles. The third kappa shape index (κ3) is 3.07. The van der Waals surface area contributed by atoms with E-state index in [1.165, 1.54) is 19.1 Å². The van der Waals surface area contributed by atoms with Gasteiger partial charge in [-0.15, -0.1) is 12.4 Å². The van der Waals surface area contributed by atoms with Crippen LogP contribution in [0.4, 0.5) is 17.6 Å². The van der Waals surface area contributed by atoms with Crippen molar-refractivity contribution in [1.82, 2.24) is 0 Å². The maximum atomic E-state index is 12.9. The van der Waals surface area contributed by atoms with Crippen molar-refractivity contribution in [2.45, 2.75) is 19.1 Å². The maximum Gasteiger partial charge on any atom is 0.407 e. The van der Waals surface area contributed by atoms with Crippen molar-refractivity contribution in [2.75, 3.05) is 0 Å². The lowest BCUT2D eigenvalue weighted by atomic mass is 10.0. The van der Waals surface area contributed by atoms with Crippen LogP contribution in [0.25, 0.3) is 0 Å². The maximum absolute atomic E-state index is 12.9. The first kappa shape index (κ1) is 14.2. The molecule has 0 saturated heterocycles. The lowest BCUT2D eigenvalue weighted by Crippen LogP contribution is -2.29. The normalized spacial score (nSPS) is 13.2. The molecule has 1 unspecified atom stereocenters. The highest BCUT2D eigenvalue weighted by molar-refractivity contribution is 5.85. The molecule has 15 heavy (non-hydrogen) atoms. The molecule has 6 heteroatoms. The molecule has 0 aliphatic carbocycles. The van der Waals surface area contributed by atoms with E-state index in [1.54, 1.807) is 0 Å². The van der Waals surface area contributed by atoms with Crippen LogP contribution in [0, 0.1) is 12.7 Å². The Hall–Kier alpha value is -0.810. The molecule has 0 saturated carbocycles. The van der Waals surface area contributed by atoms with Crippen LogP contribution in [-0.4, -0.2) is 6.18 Å². The predicted molar refractivity (Wildman–Crippen MR) is 51.4 cm³/mol. The van der Waals surface area contributed by atoms with Gasteiger partial charge in [-0.25, -0.2) is 4.39 Å².